The maximum atomic E-state index is 15.0. The molecule has 39 heavy (non-hydrogen) atoms. The molecular weight excluding hydrogens is 522 g/mol. The van der Waals surface area contributed by atoms with Gasteiger partial charge in [-0.25, -0.2) is 22.4 Å². The largest absolute Gasteiger partial charge is 0.491 e. The zero-order chi connectivity index (χ0) is 28.3. The lowest BCUT2D eigenvalue weighted by Gasteiger charge is -2.30. The lowest BCUT2D eigenvalue weighted by atomic mass is 9.75. The molecular formula is C30H28F6O3. The molecule has 3 aromatic carbocycles. The normalized spacial score (nSPS) is 17.2. The monoisotopic (exact) mass is 550 g/mol. The first-order valence-electron chi connectivity index (χ1n) is 12.9. The van der Waals surface area contributed by atoms with Gasteiger partial charge in [0.2, 0.25) is 11.6 Å². The van der Waals surface area contributed by atoms with Crippen molar-refractivity contribution in [2.75, 3.05) is 6.61 Å². The quantitative estimate of drug-likeness (QED) is 0.160. The van der Waals surface area contributed by atoms with Gasteiger partial charge in [0.1, 0.15) is 0 Å². The summed E-state index contributed by atoms with van der Waals surface area (Å²) in [6.07, 6.45) is 2.45. The number of benzene rings is 3. The summed E-state index contributed by atoms with van der Waals surface area (Å²) in [5, 5.41) is 0. The second kappa shape index (κ2) is 12.1. The van der Waals surface area contributed by atoms with Crippen LogP contribution in [0.1, 0.15) is 84.8 Å². The van der Waals surface area contributed by atoms with Crippen LogP contribution in [0.15, 0.2) is 36.4 Å². The molecule has 0 saturated heterocycles. The molecule has 0 radical (unpaired) electrons. The third-order valence-corrected chi connectivity index (χ3v) is 7.16. The van der Waals surface area contributed by atoms with Crippen LogP contribution in [0.5, 0.6) is 11.5 Å². The van der Waals surface area contributed by atoms with Crippen LogP contribution in [0.3, 0.4) is 0 Å². The molecule has 0 spiro atoms. The SMILES string of the molecule is CCCc1ccc(OC(=O)c2ccc(C3CCC(c4ccc(OCC)c(F)c4F)CC3)c(F)c2F)c(F)c1F. The highest BCUT2D eigenvalue weighted by molar-refractivity contribution is 5.91. The van der Waals surface area contributed by atoms with Crippen LogP contribution in [-0.4, -0.2) is 12.6 Å². The lowest BCUT2D eigenvalue weighted by Crippen LogP contribution is -2.17. The van der Waals surface area contributed by atoms with E-state index in [2.05, 4.69) is 0 Å². The van der Waals surface area contributed by atoms with Gasteiger partial charge in [0, 0.05) is 0 Å². The zero-order valence-electron chi connectivity index (χ0n) is 21.6. The Morgan fingerprint density at radius 3 is 1.82 bits per heavy atom. The second-order valence-electron chi connectivity index (χ2n) is 9.58. The Balaban J connectivity index is 1.46. The van der Waals surface area contributed by atoms with Gasteiger partial charge in [-0.05, 0) is 85.8 Å². The molecule has 0 atom stereocenters. The van der Waals surface area contributed by atoms with E-state index in [1.807, 2.05) is 0 Å². The molecule has 0 heterocycles. The zero-order valence-corrected chi connectivity index (χ0v) is 21.6. The fraction of sp³-hybridized carbons (Fsp3) is 0.367. The van der Waals surface area contributed by atoms with Crippen LogP contribution < -0.4 is 9.47 Å². The highest BCUT2D eigenvalue weighted by Gasteiger charge is 2.31. The number of hydrogen-bond donors (Lipinski definition) is 0. The van der Waals surface area contributed by atoms with E-state index in [1.165, 1.54) is 24.3 Å². The predicted molar refractivity (Wildman–Crippen MR) is 133 cm³/mol. The summed E-state index contributed by atoms with van der Waals surface area (Å²) in [5.41, 5.74) is -0.386. The van der Waals surface area contributed by atoms with Crippen LogP contribution in [0.2, 0.25) is 0 Å². The topological polar surface area (TPSA) is 35.5 Å². The number of ether oxygens (including phenoxy) is 2. The van der Waals surface area contributed by atoms with Gasteiger partial charge < -0.3 is 9.47 Å². The fourth-order valence-electron chi connectivity index (χ4n) is 5.15. The van der Waals surface area contributed by atoms with Crippen molar-refractivity contribution in [1.82, 2.24) is 0 Å². The first-order chi connectivity index (χ1) is 18.7. The Morgan fingerprint density at radius 1 is 0.692 bits per heavy atom. The minimum Gasteiger partial charge on any atom is -0.491 e. The Morgan fingerprint density at radius 2 is 1.23 bits per heavy atom. The van der Waals surface area contributed by atoms with Crippen LogP contribution >= 0.6 is 0 Å². The Hall–Kier alpha value is -3.49. The third-order valence-electron chi connectivity index (χ3n) is 7.16. The van der Waals surface area contributed by atoms with E-state index in [0.29, 0.717) is 32.1 Å². The summed E-state index contributed by atoms with van der Waals surface area (Å²) in [4.78, 5) is 12.5. The van der Waals surface area contributed by atoms with Gasteiger partial charge in [0.05, 0.1) is 12.2 Å². The van der Waals surface area contributed by atoms with E-state index < -0.39 is 58.1 Å². The molecule has 9 heteroatoms. The number of halogens is 6. The van der Waals surface area contributed by atoms with Crippen molar-refractivity contribution >= 4 is 5.97 Å². The molecule has 0 aliphatic heterocycles. The average Bonchev–Trinajstić information content (AvgIpc) is 2.93. The Kier molecular flexibility index (Phi) is 8.87. The molecule has 1 aliphatic carbocycles. The van der Waals surface area contributed by atoms with Crippen LogP contribution in [0, 0.1) is 34.9 Å². The standard InChI is InChI=1S/C30H28F6O3/c1-3-5-18-10-14-23(29(36)24(18)31)39-30(37)21-12-11-19(25(32)27(21)34)16-6-8-17(9-7-16)20-13-15-22(38-4-2)28(35)26(20)33/h10-17H,3-9H2,1-2H3. The minimum atomic E-state index is -1.46. The van der Waals surface area contributed by atoms with Crippen molar-refractivity contribution < 1.29 is 40.6 Å². The molecule has 4 rings (SSSR count). The molecule has 0 unspecified atom stereocenters. The summed E-state index contributed by atoms with van der Waals surface area (Å²) in [6, 6.07) is 7.52. The van der Waals surface area contributed by atoms with Gasteiger partial charge in [-0.1, -0.05) is 31.5 Å². The minimum absolute atomic E-state index is 0.0435. The van der Waals surface area contributed by atoms with Gasteiger partial charge in [0.15, 0.2) is 34.8 Å². The number of hydrogen-bond acceptors (Lipinski definition) is 3. The van der Waals surface area contributed by atoms with E-state index in [9.17, 15) is 26.7 Å². The number of carbonyl (C=O) groups is 1. The highest BCUT2D eigenvalue weighted by atomic mass is 19.2. The number of aryl methyl sites for hydroxylation is 1. The van der Waals surface area contributed by atoms with Crippen LogP contribution in [0.25, 0.3) is 0 Å². The highest BCUT2D eigenvalue weighted by Crippen LogP contribution is 2.43. The van der Waals surface area contributed by atoms with Gasteiger partial charge >= 0.3 is 5.97 Å². The van der Waals surface area contributed by atoms with Crippen molar-refractivity contribution in [2.24, 2.45) is 0 Å². The molecule has 1 aliphatic rings. The summed E-state index contributed by atoms with van der Waals surface area (Å²) >= 11 is 0. The maximum Gasteiger partial charge on any atom is 0.346 e. The van der Waals surface area contributed by atoms with Crippen molar-refractivity contribution in [3.8, 4) is 11.5 Å². The fourth-order valence-corrected chi connectivity index (χ4v) is 5.15. The average molecular weight is 551 g/mol. The molecule has 0 aromatic heterocycles. The second-order valence-corrected chi connectivity index (χ2v) is 9.58. The third kappa shape index (κ3) is 5.77. The van der Waals surface area contributed by atoms with E-state index in [0.717, 1.165) is 12.1 Å². The number of carbonyl (C=O) groups excluding carboxylic acids is 1. The van der Waals surface area contributed by atoms with Crippen molar-refractivity contribution in [3.05, 3.63) is 93.6 Å². The van der Waals surface area contributed by atoms with E-state index in [-0.39, 0.29) is 41.4 Å². The maximum absolute atomic E-state index is 15.0. The molecule has 0 amide bonds. The number of esters is 1. The molecule has 208 valence electrons. The lowest BCUT2D eigenvalue weighted by molar-refractivity contribution is 0.0720. The first kappa shape index (κ1) is 28.5. The summed E-state index contributed by atoms with van der Waals surface area (Å²) < 4.78 is 97.3. The van der Waals surface area contributed by atoms with Crippen LogP contribution in [-0.2, 0) is 6.42 Å². The summed E-state index contributed by atoms with van der Waals surface area (Å²) in [7, 11) is 0. The Bertz CT molecular complexity index is 1370. The molecule has 1 fully saturated rings. The number of rotatable bonds is 8. The van der Waals surface area contributed by atoms with Gasteiger partial charge in [-0.15, -0.1) is 0 Å². The predicted octanol–water partition coefficient (Wildman–Crippen LogP) is 8.53. The van der Waals surface area contributed by atoms with E-state index >= 15 is 4.39 Å². The van der Waals surface area contributed by atoms with E-state index in [4.69, 9.17) is 9.47 Å². The van der Waals surface area contributed by atoms with Gasteiger partial charge in [-0.2, -0.15) is 8.78 Å². The van der Waals surface area contributed by atoms with Crippen molar-refractivity contribution in [2.45, 2.75) is 64.2 Å². The smallest absolute Gasteiger partial charge is 0.346 e. The Labute approximate surface area is 222 Å². The summed E-state index contributed by atoms with van der Waals surface area (Å²) in [5.74, 6) is -10.2. The van der Waals surface area contributed by atoms with Crippen LogP contribution in [0.4, 0.5) is 26.3 Å². The molecule has 3 aromatic rings. The molecule has 3 nitrogen and oxygen atoms in total. The summed E-state index contributed by atoms with van der Waals surface area (Å²) in [6.45, 7) is 3.65. The molecule has 0 bridgehead atoms. The van der Waals surface area contributed by atoms with Gasteiger partial charge in [0.25, 0.3) is 0 Å². The van der Waals surface area contributed by atoms with E-state index in [1.54, 1.807) is 13.8 Å². The van der Waals surface area contributed by atoms with Crippen molar-refractivity contribution in [3.63, 3.8) is 0 Å². The molecule has 1 saturated carbocycles. The van der Waals surface area contributed by atoms with Gasteiger partial charge in [-0.3, -0.25) is 0 Å². The first-order valence-corrected chi connectivity index (χ1v) is 12.9. The van der Waals surface area contributed by atoms with Crippen molar-refractivity contribution in [1.29, 1.82) is 0 Å². The molecule has 0 N–H and O–H groups in total.